The lowest BCUT2D eigenvalue weighted by molar-refractivity contribution is 0.0971. The van der Waals surface area contributed by atoms with Crippen LogP contribution in [-0.4, -0.2) is 12.3 Å². The molecule has 5 heteroatoms. The monoisotopic (exact) mass is 277 g/mol. The van der Waals surface area contributed by atoms with Crippen LogP contribution in [0.25, 0.3) is 0 Å². The first-order chi connectivity index (χ1) is 7.06. The van der Waals surface area contributed by atoms with Crippen molar-refractivity contribution in [3.05, 3.63) is 33.8 Å². The van der Waals surface area contributed by atoms with Crippen LogP contribution in [-0.2, 0) is 0 Å². The van der Waals surface area contributed by atoms with E-state index in [4.69, 9.17) is 5.73 Å². The number of Topliss-reactive ketones (excluding diaryl/α,β-unsaturated/α-hetero) is 1. The molecule has 0 unspecified atom stereocenters. The predicted octanol–water partition coefficient (Wildman–Crippen LogP) is 2.92. The van der Waals surface area contributed by atoms with Gasteiger partial charge in [-0.2, -0.15) is 0 Å². The number of halogens is 3. The third-order valence-corrected chi connectivity index (χ3v) is 2.42. The van der Waals surface area contributed by atoms with E-state index in [-0.39, 0.29) is 29.9 Å². The minimum atomic E-state index is -2.64. The molecule has 0 fully saturated rings. The minimum Gasteiger partial charge on any atom is -0.330 e. The van der Waals surface area contributed by atoms with Crippen molar-refractivity contribution in [2.75, 3.05) is 6.54 Å². The number of hydrogen-bond acceptors (Lipinski definition) is 2. The van der Waals surface area contributed by atoms with Crippen LogP contribution in [0.15, 0.2) is 22.7 Å². The minimum absolute atomic E-state index is 0.0461. The average Bonchev–Trinajstić information content (AvgIpc) is 2.17. The van der Waals surface area contributed by atoms with Gasteiger partial charge in [-0.15, -0.1) is 0 Å². The molecule has 1 rings (SSSR count). The Hall–Kier alpha value is -0.810. The van der Waals surface area contributed by atoms with E-state index in [2.05, 4.69) is 15.9 Å². The van der Waals surface area contributed by atoms with Gasteiger partial charge in [-0.25, -0.2) is 8.78 Å². The molecule has 2 nitrogen and oxygen atoms in total. The summed E-state index contributed by atoms with van der Waals surface area (Å²) in [5.41, 5.74) is 5.02. The number of nitrogens with two attached hydrogens (primary N) is 1. The molecule has 0 aliphatic carbocycles. The number of alkyl halides is 2. The van der Waals surface area contributed by atoms with Gasteiger partial charge in [-0.05, 0) is 18.7 Å². The Balaban J connectivity index is 3.12. The van der Waals surface area contributed by atoms with Gasteiger partial charge < -0.3 is 5.73 Å². The molecule has 1 aromatic carbocycles. The van der Waals surface area contributed by atoms with Crippen molar-refractivity contribution in [3.63, 3.8) is 0 Å². The highest BCUT2D eigenvalue weighted by atomic mass is 79.9. The van der Waals surface area contributed by atoms with Gasteiger partial charge in [-0.1, -0.05) is 22.0 Å². The lowest BCUT2D eigenvalue weighted by atomic mass is 10.0. The van der Waals surface area contributed by atoms with Gasteiger partial charge in [0.15, 0.2) is 5.78 Å². The van der Waals surface area contributed by atoms with Crippen molar-refractivity contribution in [2.24, 2.45) is 5.73 Å². The summed E-state index contributed by atoms with van der Waals surface area (Å²) in [5.74, 6) is -0.353. The van der Waals surface area contributed by atoms with Gasteiger partial charge in [0, 0.05) is 22.0 Å². The second-order valence-corrected chi connectivity index (χ2v) is 3.91. The van der Waals surface area contributed by atoms with E-state index in [9.17, 15) is 13.6 Å². The highest BCUT2D eigenvalue weighted by molar-refractivity contribution is 9.10. The first kappa shape index (κ1) is 12.3. The Labute approximate surface area is 94.6 Å². The van der Waals surface area contributed by atoms with Crippen LogP contribution in [0.4, 0.5) is 8.78 Å². The summed E-state index contributed by atoms with van der Waals surface area (Å²) in [6.45, 7) is 0.161. The number of benzene rings is 1. The Bertz CT molecular complexity index is 368. The lowest BCUT2D eigenvalue weighted by Gasteiger charge is -2.07. The molecule has 0 aliphatic heterocycles. The van der Waals surface area contributed by atoms with Crippen LogP contribution >= 0.6 is 15.9 Å². The fraction of sp³-hybridized carbons (Fsp3) is 0.300. The molecule has 0 heterocycles. The number of carbonyl (C=O) groups excluding carboxylic acids is 1. The molecule has 2 N–H and O–H groups in total. The van der Waals surface area contributed by atoms with Crippen molar-refractivity contribution in [3.8, 4) is 0 Å². The van der Waals surface area contributed by atoms with E-state index in [1.807, 2.05) is 0 Å². The second kappa shape index (κ2) is 5.32. The summed E-state index contributed by atoms with van der Waals surface area (Å²) in [6.07, 6.45) is -2.56. The lowest BCUT2D eigenvalue weighted by Crippen LogP contribution is -2.10. The molecule has 0 spiro atoms. The molecule has 82 valence electrons. The molecule has 0 aromatic heterocycles. The Morgan fingerprint density at radius 2 is 2.13 bits per heavy atom. The maximum Gasteiger partial charge on any atom is 0.264 e. The quantitative estimate of drug-likeness (QED) is 0.860. The number of rotatable bonds is 4. The van der Waals surface area contributed by atoms with Gasteiger partial charge in [0.1, 0.15) is 0 Å². The zero-order chi connectivity index (χ0) is 11.4. The summed E-state index contributed by atoms with van der Waals surface area (Å²) < 4.78 is 25.7. The zero-order valence-corrected chi connectivity index (χ0v) is 9.43. The molecule has 0 saturated heterocycles. The first-order valence-electron chi connectivity index (χ1n) is 4.37. The molecule has 15 heavy (non-hydrogen) atoms. The fourth-order valence-corrected chi connectivity index (χ4v) is 1.59. The average molecular weight is 278 g/mol. The van der Waals surface area contributed by atoms with E-state index >= 15 is 0 Å². The molecule has 0 atom stereocenters. The van der Waals surface area contributed by atoms with Gasteiger partial charge in [-0.3, -0.25) is 4.79 Å². The van der Waals surface area contributed by atoms with E-state index < -0.39 is 6.43 Å². The van der Waals surface area contributed by atoms with Gasteiger partial charge in [0.25, 0.3) is 6.43 Å². The van der Waals surface area contributed by atoms with Crippen LogP contribution < -0.4 is 5.73 Å². The number of carbonyl (C=O) groups is 1. The molecule has 0 radical (unpaired) electrons. The van der Waals surface area contributed by atoms with Crippen LogP contribution in [0.3, 0.4) is 0 Å². The van der Waals surface area contributed by atoms with E-state index in [1.165, 1.54) is 18.2 Å². The van der Waals surface area contributed by atoms with Crippen LogP contribution in [0, 0.1) is 0 Å². The highest BCUT2D eigenvalue weighted by Gasteiger charge is 2.17. The predicted molar refractivity (Wildman–Crippen MR) is 57.1 cm³/mol. The standard InChI is InChI=1S/C10H10BrF2NO/c11-6-1-2-7(10(12)13)8(5-6)9(15)3-4-14/h1-2,5,10H,3-4,14H2. The Morgan fingerprint density at radius 1 is 1.47 bits per heavy atom. The third kappa shape index (κ3) is 3.07. The van der Waals surface area contributed by atoms with Crippen LogP contribution in [0.1, 0.15) is 28.8 Å². The largest absolute Gasteiger partial charge is 0.330 e. The Kier molecular flexibility index (Phi) is 4.35. The van der Waals surface area contributed by atoms with E-state index in [0.717, 1.165) is 0 Å². The number of ketones is 1. The van der Waals surface area contributed by atoms with Crippen molar-refractivity contribution < 1.29 is 13.6 Å². The van der Waals surface area contributed by atoms with Crippen molar-refractivity contribution >= 4 is 21.7 Å². The summed E-state index contributed by atoms with van der Waals surface area (Å²) in [6, 6.07) is 4.14. The van der Waals surface area contributed by atoms with Crippen LogP contribution in [0.5, 0.6) is 0 Å². The summed E-state index contributed by atoms with van der Waals surface area (Å²) in [7, 11) is 0. The summed E-state index contributed by atoms with van der Waals surface area (Å²) in [5, 5.41) is 0. The summed E-state index contributed by atoms with van der Waals surface area (Å²) >= 11 is 3.14. The topological polar surface area (TPSA) is 43.1 Å². The molecular weight excluding hydrogens is 268 g/mol. The van der Waals surface area contributed by atoms with E-state index in [0.29, 0.717) is 4.47 Å². The van der Waals surface area contributed by atoms with Crippen molar-refractivity contribution in [1.29, 1.82) is 0 Å². The maximum absolute atomic E-state index is 12.6. The summed E-state index contributed by atoms with van der Waals surface area (Å²) in [4.78, 5) is 11.5. The zero-order valence-electron chi connectivity index (χ0n) is 7.84. The van der Waals surface area contributed by atoms with Crippen LogP contribution in [0.2, 0.25) is 0 Å². The number of hydrogen-bond donors (Lipinski definition) is 1. The smallest absolute Gasteiger partial charge is 0.264 e. The molecule has 0 bridgehead atoms. The molecular formula is C10H10BrF2NO. The normalized spacial score (nSPS) is 10.7. The maximum atomic E-state index is 12.6. The van der Waals surface area contributed by atoms with Crippen molar-refractivity contribution in [1.82, 2.24) is 0 Å². The SMILES string of the molecule is NCCC(=O)c1cc(Br)ccc1C(F)F. The Morgan fingerprint density at radius 3 is 2.67 bits per heavy atom. The molecule has 0 saturated carbocycles. The fourth-order valence-electron chi connectivity index (χ4n) is 1.23. The highest BCUT2D eigenvalue weighted by Crippen LogP contribution is 2.26. The third-order valence-electron chi connectivity index (χ3n) is 1.92. The van der Waals surface area contributed by atoms with E-state index in [1.54, 1.807) is 0 Å². The molecule has 0 aliphatic rings. The molecule has 0 amide bonds. The first-order valence-corrected chi connectivity index (χ1v) is 5.16. The van der Waals surface area contributed by atoms with Gasteiger partial charge in [0.05, 0.1) is 0 Å². The second-order valence-electron chi connectivity index (χ2n) is 2.99. The van der Waals surface area contributed by atoms with Gasteiger partial charge in [0.2, 0.25) is 0 Å². The van der Waals surface area contributed by atoms with Crippen molar-refractivity contribution in [2.45, 2.75) is 12.8 Å². The van der Waals surface area contributed by atoms with Gasteiger partial charge >= 0.3 is 0 Å². The molecule has 1 aromatic rings.